The molecule has 0 radical (unpaired) electrons. The van der Waals surface area contributed by atoms with Crippen molar-refractivity contribution in [2.24, 2.45) is 0 Å². The number of carbonyl (C=O) groups excluding carboxylic acids is 2. The maximum Gasteiger partial charge on any atom is 0.408 e. The number of nitrogens with one attached hydrogen (secondary N) is 1. The van der Waals surface area contributed by atoms with E-state index in [1.54, 1.807) is 19.1 Å². The Morgan fingerprint density at radius 1 is 1.00 bits per heavy atom. The van der Waals surface area contributed by atoms with Crippen LogP contribution >= 0.6 is 0 Å². The second kappa shape index (κ2) is 9.02. The maximum atomic E-state index is 13.3. The molecule has 6 nitrogen and oxygen atoms in total. The highest BCUT2D eigenvalue weighted by Gasteiger charge is 2.53. The number of carbonyl (C=O) groups is 2. The molecule has 0 heterocycles. The van der Waals surface area contributed by atoms with Crippen molar-refractivity contribution in [3.05, 3.63) is 77.5 Å². The lowest BCUT2D eigenvalue weighted by Crippen LogP contribution is -2.62. The van der Waals surface area contributed by atoms with E-state index in [1.807, 2.05) is 88.4 Å². The van der Waals surface area contributed by atoms with Crippen LogP contribution in [0.15, 0.2) is 60.8 Å². The number of hydrogen-bond acceptors (Lipinski definition) is 5. The van der Waals surface area contributed by atoms with Crippen LogP contribution in [-0.2, 0) is 10.3 Å². The number of hydrogen-bond donors (Lipinski definition) is 2. The fourth-order valence-electron chi connectivity index (χ4n) is 4.35. The molecule has 1 saturated carbocycles. The Kier molecular flexibility index (Phi) is 6.70. The van der Waals surface area contributed by atoms with Gasteiger partial charge in [-0.2, -0.15) is 0 Å². The van der Waals surface area contributed by atoms with Gasteiger partial charge in [0.2, 0.25) is 0 Å². The zero-order valence-electron chi connectivity index (χ0n) is 20.3. The smallest absolute Gasteiger partial charge is 0.408 e. The van der Waals surface area contributed by atoms with Crippen LogP contribution in [0.2, 0.25) is 0 Å². The second-order valence-electron chi connectivity index (χ2n) is 10.3. The highest BCUT2D eigenvalue weighted by molar-refractivity contribution is 6.28. The van der Waals surface area contributed by atoms with Gasteiger partial charge in [0.05, 0.1) is 11.1 Å². The molecule has 1 amide bonds. The lowest BCUT2D eigenvalue weighted by atomic mass is 9.62. The molecule has 1 aliphatic rings. The Labute approximate surface area is 196 Å². The van der Waals surface area contributed by atoms with Gasteiger partial charge in [0, 0.05) is 44.3 Å². The van der Waals surface area contributed by atoms with Crippen LogP contribution in [0.3, 0.4) is 0 Å². The van der Waals surface area contributed by atoms with E-state index >= 15 is 0 Å². The first kappa shape index (κ1) is 24.5. The molecule has 176 valence electrons. The van der Waals surface area contributed by atoms with Crippen LogP contribution in [0.1, 0.15) is 62.0 Å². The maximum absolute atomic E-state index is 13.3. The van der Waals surface area contributed by atoms with Gasteiger partial charge < -0.3 is 20.1 Å². The number of ketones is 1. The number of aliphatic hydroxyl groups is 1. The minimum absolute atomic E-state index is 0.0868. The molecule has 0 aliphatic heterocycles. The summed E-state index contributed by atoms with van der Waals surface area (Å²) in [5, 5.41) is 13.4. The van der Waals surface area contributed by atoms with E-state index in [2.05, 4.69) is 5.32 Å². The van der Waals surface area contributed by atoms with Gasteiger partial charge in [-0.25, -0.2) is 4.79 Å². The number of ether oxygens (including phenoxy) is 1. The van der Waals surface area contributed by atoms with Gasteiger partial charge in [-0.1, -0.05) is 54.6 Å². The number of Topliss-reactive ketones (excluding diaryl/α,β-unsaturated/α-hetero) is 1. The molecule has 2 aromatic carbocycles. The molecule has 2 aromatic rings. The SMILES string of the molecule is CN(C)/C=C(/C(=O)c1ccc(C2(NC(=O)OC(C)(C)C)CC(C)(O)C2)cc1)c1ccccc1. The van der Waals surface area contributed by atoms with E-state index in [1.165, 1.54) is 0 Å². The van der Waals surface area contributed by atoms with Crippen LogP contribution in [0.25, 0.3) is 5.57 Å². The Morgan fingerprint density at radius 2 is 1.58 bits per heavy atom. The van der Waals surface area contributed by atoms with Crippen molar-refractivity contribution in [1.29, 1.82) is 0 Å². The van der Waals surface area contributed by atoms with Crippen molar-refractivity contribution < 1.29 is 19.4 Å². The van der Waals surface area contributed by atoms with Gasteiger partial charge >= 0.3 is 6.09 Å². The summed E-state index contributed by atoms with van der Waals surface area (Å²) in [6.45, 7) is 7.17. The molecule has 33 heavy (non-hydrogen) atoms. The van der Waals surface area contributed by atoms with Gasteiger partial charge in [0.1, 0.15) is 5.60 Å². The predicted molar refractivity (Wildman–Crippen MR) is 130 cm³/mol. The Bertz CT molecular complexity index is 1020. The molecule has 6 heteroatoms. The third-order valence-corrected chi connectivity index (χ3v) is 5.52. The molecule has 1 fully saturated rings. The number of alkyl carbamates (subject to hydrolysis) is 1. The van der Waals surface area contributed by atoms with E-state index in [-0.39, 0.29) is 5.78 Å². The zero-order valence-corrected chi connectivity index (χ0v) is 20.3. The molecule has 3 rings (SSSR count). The topological polar surface area (TPSA) is 78.9 Å². The van der Waals surface area contributed by atoms with E-state index in [0.717, 1.165) is 11.1 Å². The number of allylic oxidation sites excluding steroid dienone is 1. The summed E-state index contributed by atoms with van der Waals surface area (Å²) in [6, 6.07) is 16.8. The van der Waals surface area contributed by atoms with Gasteiger partial charge in [-0.3, -0.25) is 4.79 Å². The van der Waals surface area contributed by atoms with Crippen LogP contribution < -0.4 is 5.32 Å². The molecular formula is C27H34N2O4. The minimum Gasteiger partial charge on any atom is -0.444 e. The first-order valence-corrected chi connectivity index (χ1v) is 11.1. The van der Waals surface area contributed by atoms with Crippen molar-refractivity contribution in [3.8, 4) is 0 Å². The summed E-state index contributed by atoms with van der Waals surface area (Å²) in [5.74, 6) is -0.0868. The molecule has 1 aliphatic carbocycles. The highest BCUT2D eigenvalue weighted by Crippen LogP contribution is 2.48. The first-order chi connectivity index (χ1) is 15.3. The van der Waals surface area contributed by atoms with Crippen LogP contribution in [0, 0.1) is 0 Å². The van der Waals surface area contributed by atoms with Crippen molar-refractivity contribution in [1.82, 2.24) is 10.2 Å². The summed E-state index contributed by atoms with van der Waals surface area (Å²) in [7, 11) is 3.77. The summed E-state index contributed by atoms with van der Waals surface area (Å²) < 4.78 is 5.44. The van der Waals surface area contributed by atoms with Crippen LogP contribution in [-0.4, -0.2) is 47.2 Å². The summed E-state index contributed by atoms with van der Waals surface area (Å²) in [4.78, 5) is 27.7. The standard InChI is InChI=1S/C27H34N2O4/c1-25(2,3)33-24(31)28-27(17-26(4,32)18-27)21-14-12-20(13-15-21)23(30)22(16-29(5)6)19-10-8-7-9-11-19/h7-16,32H,17-18H2,1-6H3,(H,28,31)/b22-16+. The molecule has 0 aromatic heterocycles. The quantitative estimate of drug-likeness (QED) is 0.491. The zero-order chi connectivity index (χ0) is 24.4. The molecular weight excluding hydrogens is 416 g/mol. The fourth-order valence-corrected chi connectivity index (χ4v) is 4.35. The first-order valence-electron chi connectivity index (χ1n) is 11.1. The summed E-state index contributed by atoms with van der Waals surface area (Å²) in [5.41, 5.74) is 0.581. The van der Waals surface area contributed by atoms with E-state index in [4.69, 9.17) is 4.74 Å². The normalized spacial score (nSPS) is 22.8. The van der Waals surface area contributed by atoms with Crippen molar-refractivity contribution in [2.75, 3.05) is 14.1 Å². The second-order valence-corrected chi connectivity index (χ2v) is 10.3. The van der Waals surface area contributed by atoms with Crippen LogP contribution in [0.4, 0.5) is 4.79 Å². The molecule has 2 N–H and O–H groups in total. The summed E-state index contributed by atoms with van der Waals surface area (Å²) >= 11 is 0. The molecule has 0 bridgehead atoms. The van der Waals surface area contributed by atoms with E-state index < -0.39 is 22.8 Å². The number of rotatable bonds is 6. The number of amides is 1. The minimum atomic E-state index is -0.877. The van der Waals surface area contributed by atoms with Gasteiger partial charge in [-0.05, 0) is 38.8 Å². The third kappa shape index (κ3) is 6.02. The largest absolute Gasteiger partial charge is 0.444 e. The third-order valence-electron chi connectivity index (χ3n) is 5.52. The Balaban J connectivity index is 1.88. The average Bonchev–Trinajstić information content (AvgIpc) is 2.69. The van der Waals surface area contributed by atoms with Gasteiger partial charge in [-0.15, -0.1) is 0 Å². The van der Waals surface area contributed by atoms with Crippen molar-refractivity contribution in [3.63, 3.8) is 0 Å². The van der Waals surface area contributed by atoms with Gasteiger partial charge in [0.15, 0.2) is 5.78 Å². The number of nitrogens with zero attached hydrogens (tertiary/aromatic N) is 1. The lowest BCUT2D eigenvalue weighted by molar-refractivity contribution is -0.0892. The molecule has 0 atom stereocenters. The molecule has 0 spiro atoms. The summed E-state index contributed by atoms with van der Waals surface area (Å²) in [6.07, 6.45) is 2.02. The fraction of sp³-hybridized carbons (Fsp3) is 0.407. The highest BCUT2D eigenvalue weighted by atomic mass is 16.6. The average molecular weight is 451 g/mol. The van der Waals surface area contributed by atoms with Crippen molar-refractivity contribution >= 4 is 17.4 Å². The predicted octanol–water partition coefficient (Wildman–Crippen LogP) is 4.74. The molecule has 0 saturated heterocycles. The Morgan fingerprint density at radius 3 is 2.06 bits per heavy atom. The van der Waals surface area contributed by atoms with Crippen molar-refractivity contribution in [2.45, 2.75) is 57.3 Å². The van der Waals surface area contributed by atoms with E-state index in [9.17, 15) is 14.7 Å². The van der Waals surface area contributed by atoms with E-state index in [0.29, 0.717) is 24.0 Å². The van der Waals surface area contributed by atoms with Gasteiger partial charge in [0.25, 0.3) is 0 Å². The lowest BCUT2D eigenvalue weighted by Gasteiger charge is -2.52. The molecule has 0 unspecified atom stereocenters. The Hall–Kier alpha value is -3.12. The van der Waals surface area contributed by atoms with Crippen LogP contribution in [0.5, 0.6) is 0 Å². The number of benzene rings is 2. The monoisotopic (exact) mass is 450 g/mol.